The lowest BCUT2D eigenvalue weighted by Gasteiger charge is -2.33. The first-order valence-electron chi connectivity index (χ1n) is 7.62. The SMILES string of the molecule is CCCCCCC(C)C(C)(C)OCCC(C)(C)N. The maximum Gasteiger partial charge on any atom is 0.0651 e. The Balaban J connectivity index is 3.88. The molecular weight excluding hydrogens is 222 g/mol. The first-order chi connectivity index (χ1) is 8.19. The molecule has 1 unspecified atom stereocenters. The Kier molecular flexibility index (Phi) is 8.13. The summed E-state index contributed by atoms with van der Waals surface area (Å²) < 4.78 is 6.04. The van der Waals surface area contributed by atoms with Crippen LogP contribution in [0.5, 0.6) is 0 Å². The van der Waals surface area contributed by atoms with E-state index in [4.69, 9.17) is 10.5 Å². The van der Waals surface area contributed by atoms with Gasteiger partial charge >= 0.3 is 0 Å². The largest absolute Gasteiger partial charge is 0.375 e. The Morgan fingerprint density at radius 2 is 1.67 bits per heavy atom. The van der Waals surface area contributed by atoms with Gasteiger partial charge in [0.15, 0.2) is 0 Å². The minimum Gasteiger partial charge on any atom is -0.375 e. The van der Waals surface area contributed by atoms with Gasteiger partial charge in [-0.2, -0.15) is 0 Å². The summed E-state index contributed by atoms with van der Waals surface area (Å²) in [6, 6.07) is 0. The minimum absolute atomic E-state index is 0.0303. The van der Waals surface area contributed by atoms with E-state index in [0.717, 1.165) is 13.0 Å². The van der Waals surface area contributed by atoms with Gasteiger partial charge in [-0.05, 0) is 46.5 Å². The van der Waals surface area contributed by atoms with Crippen molar-refractivity contribution in [2.45, 2.75) is 91.2 Å². The van der Waals surface area contributed by atoms with E-state index in [1.165, 1.54) is 32.1 Å². The molecule has 0 aromatic carbocycles. The van der Waals surface area contributed by atoms with Gasteiger partial charge in [-0.15, -0.1) is 0 Å². The third kappa shape index (κ3) is 8.93. The maximum absolute atomic E-state index is 6.04. The molecule has 0 saturated carbocycles. The lowest BCUT2D eigenvalue weighted by atomic mass is 9.87. The molecule has 0 bridgehead atoms. The van der Waals surface area contributed by atoms with Gasteiger partial charge in [0.25, 0.3) is 0 Å². The van der Waals surface area contributed by atoms with E-state index in [9.17, 15) is 0 Å². The second-order valence-electron chi connectivity index (χ2n) is 6.94. The topological polar surface area (TPSA) is 35.2 Å². The number of hydrogen-bond acceptors (Lipinski definition) is 2. The standard InChI is InChI=1S/C16H35NO/c1-7-8-9-10-11-14(2)16(5,6)18-13-12-15(3,4)17/h14H,7-13,17H2,1-6H3. The predicted molar refractivity (Wildman–Crippen MR) is 80.8 cm³/mol. The molecule has 2 N–H and O–H groups in total. The zero-order chi connectivity index (χ0) is 14.2. The molecule has 0 rings (SSSR count). The van der Waals surface area contributed by atoms with Crippen LogP contribution in [0.2, 0.25) is 0 Å². The van der Waals surface area contributed by atoms with Crippen LogP contribution >= 0.6 is 0 Å². The molecule has 0 heterocycles. The van der Waals surface area contributed by atoms with Crippen LogP contribution in [0.1, 0.15) is 80.1 Å². The van der Waals surface area contributed by atoms with Crippen molar-refractivity contribution >= 4 is 0 Å². The van der Waals surface area contributed by atoms with Gasteiger partial charge in [-0.3, -0.25) is 0 Å². The molecule has 0 aliphatic carbocycles. The van der Waals surface area contributed by atoms with Gasteiger partial charge < -0.3 is 10.5 Å². The summed E-state index contributed by atoms with van der Waals surface area (Å²) in [5.74, 6) is 0.607. The van der Waals surface area contributed by atoms with Crippen LogP contribution in [0.25, 0.3) is 0 Å². The lowest BCUT2D eigenvalue weighted by Crippen LogP contribution is -2.37. The van der Waals surface area contributed by atoms with Crippen LogP contribution in [0.3, 0.4) is 0 Å². The van der Waals surface area contributed by atoms with E-state index < -0.39 is 0 Å². The van der Waals surface area contributed by atoms with Gasteiger partial charge in [0.2, 0.25) is 0 Å². The Morgan fingerprint density at radius 1 is 1.06 bits per heavy atom. The van der Waals surface area contributed by atoms with Gasteiger partial charge in [-0.25, -0.2) is 0 Å². The third-order valence-corrected chi connectivity index (χ3v) is 3.90. The van der Waals surface area contributed by atoms with Crippen LogP contribution in [-0.4, -0.2) is 17.7 Å². The smallest absolute Gasteiger partial charge is 0.0651 e. The van der Waals surface area contributed by atoms with Crippen LogP contribution in [-0.2, 0) is 4.74 Å². The summed E-state index contributed by atoms with van der Waals surface area (Å²) in [6.45, 7) is 13.8. The molecule has 0 aliphatic heterocycles. The number of hydrogen-bond donors (Lipinski definition) is 1. The van der Waals surface area contributed by atoms with Crippen molar-refractivity contribution in [1.29, 1.82) is 0 Å². The highest BCUT2D eigenvalue weighted by Crippen LogP contribution is 2.26. The fourth-order valence-electron chi connectivity index (χ4n) is 1.94. The summed E-state index contributed by atoms with van der Waals surface area (Å²) in [4.78, 5) is 0. The molecule has 110 valence electrons. The fourth-order valence-corrected chi connectivity index (χ4v) is 1.94. The molecule has 0 saturated heterocycles. The van der Waals surface area contributed by atoms with Crippen molar-refractivity contribution in [3.05, 3.63) is 0 Å². The van der Waals surface area contributed by atoms with Crippen molar-refractivity contribution in [2.24, 2.45) is 11.7 Å². The molecule has 0 aliphatic rings. The van der Waals surface area contributed by atoms with Crippen LogP contribution < -0.4 is 5.73 Å². The molecule has 0 amide bonds. The van der Waals surface area contributed by atoms with Crippen LogP contribution in [0.15, 0.2) is 0 Å². The number of ether oxygens (including phenoxy) is 1. The van der Waals surface area contributed by atoms with E-state index in [-0.39, 0.29) is 11.1 Å². The molecule has 0 fully saturated rings. The predicted octanol–water partition coefficient (Wildman–Crippen LogP) is 4.52. The first kappa shape index (κ1) is 17.9. The maximum atomic E-state index is 6.04. The first-order valence-corrected chi connectivity index (χ1v) is 7.62. The molecule has 0 aromatic rings. The Morgan fingerprint density at radius 3 is 2.17 bits per heavy atom. The van der Waals surface area contributed by atoms with Gasteiger partial charge in [0, 0.05) is 12.1 Å². The molecular formula is C16H35NO. The second kappa shape index (κ2) is 8.16. The van der Waals surface area contributed by atoms with E-state index in [2.05, 4.69) is 41.5 Å². The average molecular weight is 257 g/mol. The highest BCUT2D eigenvalue weighted by Gasteiger charge is 2.26. The van der Waals surface area contributed by atoms with E-state index in [0.29, 0.717) is 5.92 Å². The lowest BCUT2D eigenvalue weighted by molar-refractivity contribution is -0.0623. The van der Waals surface area contributed by atoms with E-state index in [1.54, 1.807) is 0 Å². The van der Waals surface area contributed by atoms with Crippen LogP contribution in [0.4, 0.5) is 0 Å². The zero-order valence-electron chi connectivity index (χ0n) is 13.5. The molecule has 0 spiro atoms. The molecule has 0 radical (unpaired) electrons. The highest BCUT2D eigenvalue weighted by molar-refractivity contribution is 4.78. The fraction of sp³-hybridized carbons (Fsp3) is 1.00. The quantitative estimate of drug-likeness (QED) is 0.584. The number of unbranched alkanes of at least 4 members (excludes halogenated alkanes) is 3. The zero-order valence-corrected chi connectivity index (χ0v) is 13.5. The molecule has 18 heavy (non-hydrogen) atoms. The Labute approximate surface area is 115 Å². The summed E-state index contributed by atoms with van der Waals surface area (Å²) in [5, 5.41) is 0. The molecule has 0 aromatic heterocycles. The monoisotopic (exact) mass is 257 g/mol. The number of rotatable bonds is 10. The van der Waals surface area contributed by atoms with E-state index >= 15 is 0 Å². The summed E-state index contributed by atoms with van der Waals surface area (Å²) in [5.41, 5.74) is 5.82. The molecule has 2 nitrogen and oxygen atoms in total. The Bertz CT molecular complexity index is 206. The van der Waals surface area contributed by atoms with Crippen molar-refractivity contribution < 1.29 is 4.74 Å². The summed E-state index contributed by atoms with van der Waals surface area (Å²) >= 11 is 0. The van der Waals surface area contributed by atoms with Crippen molar-refractivity contribution in [1.82, 2.24) is 0 Å². The third-order valence-electron chi connectivity index (χ3n) is 3.90. The second-order valence-corrected chi connectivity index (χ2v) is 6.94. The minimum atomic E-state index is -0.125. The summed E-state index contributed by atoms with van der Waals surface area (Å²) in [7, 11) is 0. The molecule has 1 atom stereocenters. The van der Waals surface area contributed by atoms with Crippen LogP contribution in [0, 0.1) is 5.92 Å². The van der Waals surface area contributed by atoms with Gasteiger partial charge in [-0.1, -0.05) is 39.5 Å². The highest BCUT2D eigenvalue weighted by atomic mass is 16.5. The summed E-state index contributed by atoms with van der Waals surface area (Å²) in [6.07, 6.45) is 7.52. The normalized spacial score (nSPS) is 14.8. The number of nitrogens with two attached hydrogens (primary N) is 1. The average Bonchev–Trinajstić information content (AvgIpc) is 2.21. The van der Waals surface area contributed by atoms with Crippen molar-refractivity contribution in [3.63, 3.8) is 0 Å². The molecule has 2 heteroatoms. The van der Waals surface area contributed by atoms with Gasteiger partial charge in [0.1, 0.15) is 0 Å². The van der Waals surface area contributed by atoms with Gasteiger partial charge in [0.05, 0.1) is 5.60 Å². The van der Waals surface area contributed by atoms with E-state index in [1.807, 2.05) is 0 Å². The van der Waals surface area contributed by atoms with Crippen molar-refractivity contribution in [3.8, 4) is 0 Å². The Hall–Kier alpha value is -0.0800. The van der Waals surface area contributed by atoms with Crippen molar-refractivity contribution in [2.75, 3.05) is 6.61 Å².